The zero-order valence-corrected chi connectivity index (χ0v) is 26.0. The molecule has 0 heterocycles. The maximum absolute atomic E-state index is 13.4. The van der Waals surface area contributed by atoms with Crippen molar-refractivity contribution in [1.82, 2.24) is 0 Å². The first kappa shape index (κ1) is 56.1. The minimum absolute atomic E-state index is 0. The second kappa shape index (κ2) is 43.7. The largest absolute Gasteiger partial charge is 0 e. The Morgan fingerprint density at radius 1 is 0.750 bits per heavy atom. The van der Waals surface area contributed by atoms with Gasteiger partial charge in [-0.3, -0.25) is 4.31 Å². The first-order valence-electron chi connectivity index (χ1n) is 10.9. The molecule has 236 valence electrons. The Bertz CT molecular complexity index is 1220. The van der Waals surface area contributed by atoms with E-state index in [-0.39, 0.29) is 45.1 Å². The van der Waals surface area contributed by atoms with E-state index in [1.165, 1.54) is 4.31 Å². The summed E-state index contributed by atoms with van der Waals surface area (Å²) in [4.78, 5) is 0.225. The molecular weight excluding hydrogens is 684 g/mol. The molecular formula is C30H27Co2NO10S. The van der Waals surface area contributed by atoms with Crippen LogP contribution in [0.5, 0.6) is 11.5 Å². The summed E-state index contributed by atoms with van der Waals surface area (Å²) >= 11 is 0. The molecule has 0 bridgehead atoms. The number of hydrogen-bond acceptors (Lipinski definition) is 4. The normalized spacial score (nSPS) is 7.52. The molecule has 2 radical (unpaired) electrons. The van der Waals surface area contributed by atoms with Crippen molar-refractivity contribution in [3.8, 4) is 23.8 Å². The molecule has 2 aromatic carbocycles. The van der Waals surface area contributed by atoms with Gasteiger partial charge in [0.1, 0.15) is 13.2 Å². The smallest absolute Gasteiger partial charge is 0 e. The Hall–Kier alpha value is -3.72. The molecule has 0 unspecified atom stereocenters. The summed E-state index contributed by atoms with van der Waals surface area (Å²) in [7, 11) is -3.76. The molecule has 0 aliphatic rings. The Labute approximate surface area is 279 Å². The molecule has 14 heteroatoms. The Morgan fingerprint density at radius 2 is 1.20 bits per heavy atom. The predicted molar refractivity (Wildman–Crippen MR) is 145 cm³/mol. The predicted octanol–water partition coefficient (Wildman–Crippen LogP) is 4.58. The van der Waals surface area contributed by atoms with Crippen molar-refractivity contribution in [1.29, 1.82) is 0 Å². The van der Waals surface area contributed by atoms with Crippen LogP contribution in [0.2, 0.25) is 0 Å². The first-order valence-corrected chi connectivity index (χ1v) is 12.3. The van der Waals surface area contributed by atoms with Crippen LogP contribution in [0.15, 0.2) is 78.7 Å². The van der Waals surface area contributed by atoms with Crippen LogP contribution in [-0.4, -0.2) is 28.2 Å². The molecule has 0 fully saturated rings. The first-order chi connectivity index (χ1) is 20.5. The van der Waals surface area contributed by atoms with Crippen LogP contribution in [0, 0.1) is 52.2 Å². The van der Waals surface area contributed by atoms with E-state index >= 15 is 0 Å². The fourth-order valence-corrected chi connectivity index (χ4v) is 4.29. The Balaban J connectivity index is -0.000000174. The average molecular weight is 711 g/mol. The van der Waals surface area contributed by atoms with Crippen molar-refractivity contribution in [2.24, 2.45) is 0 Å². The molecule has 11 nitrogen and oxygen atoms in total. The fourth-order valence-electron chi connectivity index (χ4n) is 2.77. The van der Waals surface area contributed by atoms with E-state index in [1.54, 1.807) is 60.7 Å². The second-order valence-electron chi connectivity index (χ2n) is 6.38. The van der Waals surface area contributed by atoms with Crippen molar-refractivity contribution in [3.63, 3.8) is 0 Å². The van der Waals surface area contributed by atoms with Crippen LogP contribution in [0.1, 0.15) is 19.3 Å². The summed E-state index contributed by atoms with van der Waals surface area (Å²) in [5, 5.41) is 0. The van der Waals surface area contributed by atoms with Gasteiger partial charge in [0, 0.05) is 52.6 Å². The Morgan fingerprint density at radius 3 is 1.64 bits per heavy atom. The molecule has 44 heavy (non-hydrogen) atoms. The van der Waals surface area contributed by atoms with Gasteiger partial charge >= 0.3 is 67.8 Å². The van der Waals surface area contributed by atoms with E-state index in [9.17, 15) is 8.42 Å². The number of terminal acetylenes is 1. The molecule has 0 aromatic heterocycles. The summed E-state index contributed by atoms with van der Waals surface area (Å²) in [5.74, 6) is 3.53. The van der Waals surface area contributed by atoms with E-state index in [2.05, 4.69) is 59.0 Å². The molecule has 0 atom stereocenters. The SMILES string of the molecule is C#CCCCCN(c1ccc(OCC=C)c(OCC=C)c1)S(=O)(=O)c1ccccc1.[C-]#[O+].[C-]#[O+].[C-]#[O+].[C-]#[O+].[C-]#[O+].[C-]#[O+].[Co].[Co]. The molecule has 0 amide bonds. The molecule has 2 aromatic rings. The van der Waals surface area contributed by atoms with Crippen molar-refractivity contribution in [2.45, 2.75) is 24.2 Å². The van der Waals surface area contributed by atoms with Gasteiger partial charge in [0.15, 0.2) is 11.5 Å². The monoisotopic (exact) mass is 711 g/mol. The molecule has 2 rings (SSSR count). The summed E-state index contributed by atoms with van der Waals surface area (Å²) in [6.45, 7) is 35.2. The zero-order valence-electron chi connectivity index (χ0n) is 23.1. The summed E-state index contributed by atoms with van der Waals surface area (Å²) < 4.78 is 84.5. The van der Waals surface area contributed by atoms with Gasteiger partial charge in [-0.25, -0.2) is 8.42 Å². The van der Waals surface area contributed by atoms with Crippen molar-refractivity contribution >= 4 is 15.7 Å². The number of benzene rings is 2. The van der Waals surface area contributed by atoms with E-state index in [4.69, 9.17) is 43.8 Å². The second-order valence-corrected chi connectivity index (χ2v) is 8.24. The number of nitrogens with zero attached hydrogens (tertiary/aromatic N) is 1. The van der Waals surface area contributed by atoms with Gasteiger partial charge in [0.05, 0.1) is 10.6 Å². The third-order valence-corrected chi connectivity index (χ3v) is 6.03. The molecule has 0 aliphatic heterocycles. The van der Waals surface area contributed by atoms with Gasteiger partial charge in [-0.05, 0) is 37.1 Å². The summed E-state index contributed by atoms with van der Waals surface area (Å²) in [6.07, 6.45) is 10.5. The van der Waals surface area contributed by atoms with Crippen LogP contribution in [0.4, 0.5) is 5.69 Å². The number of ether oxygens (including phenoxy) is 2. The summed E-state index contributed by atoms with van der Waals surface area (Å²) in [5.41, 5.74) is 0.490. The zero-order chi connectivity index (χ0) is 33.8. The molecule has 0 N–H and O–H groups in total. The third kappa shape index (κ3) is 23.8. The Kier molecular flexibility index (Phi) is 55.8. The van der Waals surface area contributed by atoms with Crippen LogP contribution in [0.25, 0.3) is 0 Å². The number of sulfonamides is 1. The van der Waals surface area contributed by atoms with E-state index in [1.807, 2.05) is 0 Å². The number of rotatable bonds is 13. The van der Waals surface area contributed by atoms with Crippen LogP contribution >= 0.6 is 0 Å². The molecule has 0 saturated carbocycles. The van der Waals surface area contributed by atoms with Crippen LogP contribution < -0.4 is 13.8 Å². The minimum atomic E-state index is -3.76. The van der Waals surface area contributed by atoms with Gasteiger partial charge in [0.25, 0.3) is 10.0 Å². The molecule has 0 saturated heterocycles. The number of anilines is 1. The topological polar surface area (TPSA) is 175 Å². The average Bonchev–Trinajstić information content (AvgIpc) is 3.09. The van der Waals surface area contributed by atoms with Crippen LogP contribution in [-0.2, 0) is 71.5 Å². The van der Waals surface area contributed by atoms with Crippen LogP contribution in [0.3, 0.4) is 0 Å². The number of unbranched alkanes of at least 4 members (excludes halogenated alkanes) is 2. The van der Waals surface area contributed by atoms with Crippen molar-refractivity contribution in [3.05, 3.63) is 114 Å². The fraction of sp³-hybridized carbons (Fsp3) is 0.200. The van der Waals surface area contributed by atoms with E-state index < -0.39 is 10.0 Å². The maximum Gasteiger partial charge on any atom is 0 e. The summed E-state index contributed by atoms with van der Waals surface area (Å²) in [6, 6.07) is 13.4. The molecule has 0 aliphatic carbocycles. The number of hydrogen-bond donors (Lipinski definition) is 0. The van der Waals surface area contributed by atoms with E-state index in [0.29, 0.717) is 43.2 Å². The van der Waals surface area contributed by atoms with Gasteiger partial charge < -0.3 is 9.47 Å². The quantitative estimate of drug-likeness (QED) is 0.0973. The van der Waals surface area contributed by atoms with Gasteiger partial charge in [-0.1, -0.05) is 43.5 Å². The van der Waals surface area contributed by atoms with Gasteiger partial charge in [-0.2, -0.15) is 0 Å². The maximum atomic E-state index is 13.4. The van der Waals surface area contributed by atoms with Gasteiger partial charge in [-0.15, -0.1) is 12.3 Å². The van der Waals surface area contributed by atoms with Gasteiger partial charge in [0.2, 0.25) is 0 Å². The molecule has 0 spiro atoms. The van der Waals surface area contributed by atoms with Crippen molar-refractivity contribution < 1.29 is 79.4 Å². The van der Waals surface area contributed by atoms with Crippen molar-refractivity contribution in [2.75, 3.05) is 24.1 Å². The third-order valence-electron chi connectivity index (χ3n) is 4.19. The minimum Gasteiger partial charge on any atom is 0 e. The van der Waals surface area contributed by atoms with E-state index in [0.717, 1.165) is 6.42 Å². The standard InChI is InChI=1S/C24H27NO4S.6CO.2Co/c1-4-7-8-12-17-25(30(26,27)22-13-10-9-11-14-22)21-15-16-23(28-18-5-2)24(20-21)29-19-6-3;6*1-2;;/h1,5-6,9-11,13-16,20H,2-3,7-8,12,17-19H2;;;;;;;;.